The lowest BCUT2D eigenvalue weighted by Gasteiger charge is -2.08. The van der Waals surface area contributed by atoms with Gasteiger partial charge in [0, 0.05) is 15.0 Å². The topological polar surface area (TPSA) is 9.23 Å². The van der Waals surface area contributed by atoms with Crippen molar-refractivity contribution in [3.63, 3.8) is 0 Å². The molecule has 5 heteroatoms. The van der Waals surface area contributed by atoms with E-state index in [-0.39, 0.29) is 5.75 Å². The third-order valence-electron chi connectivity index (χ3n) is 1.38. The number of rotatable bonds is 3. The molecule has 0 saturated carbocycles. The molecule has 13 heavy (non-hydrogen) atoms. The van der Waals surface area contributed by atoms with Gasteiger partial charge in [-0.3, -0.25) is 0 Å². The van der Waals surface area contributed by atoms with Crippen molar-refractivity contribution >= 4 is 34.2 Å². The highest BCUT2D eigenvalue weighted by Gasteiger charge is 2.08. The standard InChI is InChI=1S/C8H6ClF2IO/c9-6-1-2-7(13-8(10)11)5(3-6)4-12/h1-3,8H,4H2. The number of hydrogen-bond acceptors (Lipinski definition) is 1. The van der Waals surface area contributed by atoms with Crippen LogP contribution in [0.15, 0.2) is 18.2 Å². The number of alkyl halides is 3. The van der Waals surface area contributed by atoms with Crippen molar-refractivity contribution in [1.82, 2.24) is 0 Å². The first kappa shape index (κ1) is 11.0. The van der Waals surface area contributed by atoms with Gasteiger partial charge in [-0.15, -0.1) is 0 Å². The Morgan fingerprint density at radius 1 is 1.46 bits per heavy atom. The van der Waals surface area contributed by atoms with E-state index < -0.39 is 6.61 Å². The highest BCUT2D eigenvalue weighted by Crippen LogP contribution is 2.26. The van der Waals surface area contributed by atoms with Crippen LogP contribution in [0.5, 0.6) is 5.75 Å². The Balaban J connectivity index is 2.92. The van der Waals surface area contributed by atoms with Gasteiger partial charge in [0.25, 0.3) is 0 Å². The summed E-state index contributed by atoms with van der Waals surface area (Å²) < 4.78 is 28.6. The zero-order chi connectivity index (χ0) is 9.84. The van der Waals surface area contributed by atoms with Gasteiger partial charge in [-0.1, -0.05) is 34.2 Å². The molecule has 0 spiro atoms. The van der Waals surface area contributed by atoms with Crippen LogP contribution in [-0.4, -0.2) is 6.61 Å². The SMILES string of the molecule is FC(F)Oc1ccc(Cl)cc1CI. The molecular formula is C8H6ClF2IO. The van der Waals surface area contributed by atoms with Crippen LogP contribution in [0.1, 0.15) is 5.56 Å². The fourth-order valence-corrected chi connectivity index (χ4v) is 1.65. The molecule has 1 nitrogen and oxygen atoms in total. The largest absolute Gasteiger partial charge is 0.435 e. The van der Waals surface area contributed by atoms with Crippen molar-refractivity contribution in [1.29, 1.82) is 0 Å². The summed E-state index contributed by atoms with van der Waals surface area (Å²) in [6.07, 6.45) is 0. The Bertz CT molecular complexity index is 293. The first-order valence-electron chi connectivity index (χ1n) is 3.42. The summed E-state index contributed by atoms with van der Waals surface area (Å²) in [5, 5.41) is 0.522. The van der Waals surface area contributed by atoms with Crippen molar-refractivity contribution in [2.24, 2.45) is 0 Å². The van der Waals surface area contributed by atoms with Gasteiger partial charge in [-0.25, -0.2) is 0 Å². The maximum atomic E-state index is 11.9. The molecule has 0 aromatic heterocycles. The highest BCUT2D eigenvalue weighted by atomic mass is 127. The minimum atomic E-state index is -2.79. The Labute approximate surface area is 93.2 Å². The summed E-state index contributed by atoms with van der Waals surface area (Å²) >= 11 is 7.74. The average Bonchev–Trinajstić information content (AvgIpc) is 2.07. The quantitative estimate of drug-likeness (QED) is 0.607. The van der Waals surface area contributed by atoms with Crippen molar-refractivity contribution in [3.8, 4) is 5.75 Å². The summed E-state index contributed by atoms with van der Waals surface area (Å²) in [6.45, 7) is -2.79. The van der Waals surface area contributed by atoms with Crippen LogP contribution in [0.4, 0.5) is 8.78 Å². The van der Waals surface area contributed by atoms with Crippen molar-refractivity contribution in [2.45, 2.75) is 11.0 Å². The molecule has 0 fully saturated rings. The van der Waals surface area contributed by atoms with Gasteiger partial charge in [-0.2, -0.15) is 8.78 Å². The predicted octanol–water partition coefficient (Wildman–Crippen LogP) is 3.88. The van der Waals surface area contributed by atoms with Crippen molar-refractivity contribution < 1.29 is 13.5 Å². The molecule has 1 rings (SSSR count). The van der Waals surface area contributed by atoms with E-state index in [1.54, 1.807) is 6.07 Å². The van der Waals surface area contributed by atoms with Crippen LogP contribution in [0.25, 0.3) is 0 Å². The van der Waals surface area contributed by atoms with Gasteiger partial charge >= 0.3 is 6.61 Å². The van der Waals surface area contributed by atoms with E-state index in [0.717, 1.165) is 0 Å². The van der Waals surface area contributed by atoms with E-state index in [1.807, 2.05) is 0 Å². The molecule has 1 aromatic rings. The van der Waals surface area contributed by atoms with Gasteiger partial charge in [0.2, 0.25) is 0 Å². The van der Waals surface area contributed by atoms with E-state index in [0.29, 0.717) is 15.0 Å². The van der Waals surface area contributed by atoms with Gasteiger partial charge in [0.15, 0.2) is 0 Å². The summed E-state index contributed by atoms with van der Waals surface area (Å²) in [7, 11) is 0. The van der Waals surface area contributed by atoms with Gasteiger partial charge < -0.3 is 4.74 Å². The molecule has 0 aliphatic heterocycles. The Kier molecular flexibility index (Phi) is 4.18. The van der Waals surface area contributed by atoms with E-state index in [1.165, 1.54) is 12.1 Å². The van der Waals surface area contributed by atoms with Crippen LogP contribution in [0.2, 0.25) is 5.02 Å². The second-order valence-electron chi connectivity index (χ2n) is 2.26. The predicted molar refractivity (Wildman–Crippen MR) is 55.8 cm³/mol. The minimum Gasteiger partial charge on any atom is -0.435 e. The van der Waals surface area contributed by atoms with Gasteiger partial charge in [0.1, 0.15) is 5.75 Å². The average molecular weight is 318 g/mol. The third kappa shape index (κ3) is 3.27. The molecular weight excluding hydrogens is 312 g/mol. The van der Waals surface area contributed by atoms with Crippen molar-refractivity contribution in [2.75, 3.05) is 0 Å². The highest BCUT2D eigenvalue weighted by molar-refractivity contribution is 14.1. The van der Waals surface area contributed by atoms with Gasteiger partial charge in [-0.05, 0) is 18.2 Å². The molecule has 0 saturated heterocycles. The summed E-state index contributed by atoms with van der Waals surface area (Å²) in [6, 6.07) is 4.59. The van der Waals surface area contributed by atoms with E-state index in [9.17, 15) is 8.78 Å². The molecule has 0 N–H and O–H groups in total. The van der Waals surface area contributed by atoms with Gasteiger partial charge in [0.05, 0.1) is 0 Å². The second kappa shape index (κ2) is 4.95. The van der Waals surface area contributed by atoms with Crippen LogP contribution in [-0.2, 0) is 4.43 Å². The number of ether oxygens (including phenoxy) is 1. The lowest BCUT2D eigenvalue weighted by Crippen LogP contribution is -2.03. The molecule has 1 aromatic carbocycles. The molecule has 0 atom stereocenters. The lowest BCUT2D eigenvalue weighted by atomic mass is 10.2. The zero-order valence-electron chi connectivity index (χ0n) is 6.44. The van der Waals surface area contributed by atoms with E-state index in [2.05, 4.69) is 27.3 Å². The first-order valence-corrected chi connectivity index (χ1v) is 5.33. The van der Waals surface area contributed by atoms with Crippen LogP contribution in [0.3, 0.4) is 0 Å². The molecule has 0 heterocycles. The Morgan fingerprint density at radius 2 is 2.15 bits per heavy atom. The molecule has 0 aliphatic carbocycles. The molecule has 0 radical (unpaired) electrons. The molecule has 0 aliphatic rings. The monoisotopic (exact) mass is 318 g/mol. The normalized spacial score (nSPS) is 10.5. The van der Waals surface area contributed by atoms with Crippen LogP contribution < -0.4 is 4.74 Å². The number of hydrogen-bond donors (Lipinski definition) is 0. The Hall–Kier alpha value is -0.100. The summed E-state index contributed by atoms with van der Waals surface area (Å²) in [5.41, 5.74) is 0.674. The second-order valence-corrected chi connectivity index (χ2v) is 3.46. The summed E-state index contributed by atoms with van der Waals surface area (Å²) in [4.78, 5) is 0. The molecule has 0 bridgehead atoms. The smallest absolute Gasteiger partial charge is 0.387 e. The van der Waals surface area contributed by atoms with E-state index in [4.69, 9.17) is 11.6 Å². The zero-order valence-corrected chi connectivity index (χ0v) is 9.35. The molecule has 72 valence electrons. The third-order valence-corrected chi connectivity index (χ3v) is 2.44. The van der Waals surface area contributed by atoms with E-state index >= 15 is 0 Å². The van der Waals surface area contributed by atoms with Crippen LogP contribution >= 0.6 is 34.2 Å². The summed E-state index contributed by atoms with van der Waals surface area (Å²) in [5.74, 6) is 0.189. The van der Waals surface area contributed by atoms with Crippen molar-refractivity contribution in [3.05, 3.63) is 28.8 Å². The maximum Gasteiger partial charge on any atom is 0.387 e. The first-order chi connectivity index (χ1) is 6.13. The number of benzene rings is 1. The fourth-order valence-electron chi connectivity index (χ4n) is 0.863. The molecule has 0 unspecified atom stereocenters. The fraction of sp³-hybridized carbons (Fsp3) is 0.250. The number of halogens is 4. The lowest BCUT2D eigenvalue weighted by molar-refractivity contribution is -0.0503. The Morgan fingerprint density at radius 3 is 2.69 bits per heavy atom. The van der Waals surface area contributed by atoms with Crippen LogP contribution in [0, 0.1) is 0 Å². The maximum absolute atomic E-state index is 11.9. The minimum absolute atomic E-state index is 0.189. The molecule has 0 amide bonds.